The van der Waals surface area contributed by atoms with Crippen molar-refractivity contribution < 1.29 is 4.79 Å². The summed E-state index contributed by atoms with van der Waals surface area (Å²) in [4.78, 5) is 11.2. The minimum atomic E-state index is -0.290. The van der Waals surface area contributed by atoms with Crippen molar-refractivity contribution >= 4 is 50.7 Å². The van der Waals surface area contributed by atoms with Crippen LogP contribution in [-0.2, 0) is 4.79 Å². The maximum absolute atomic E-state index is 11.2. The van der Waals surface area contributed by atoms with E-state index in [-0.39, 0.29) is 19.0 Å². The molecular formula is C10H8BrCl2N3O. The number of hydrogen-bond donors (Lipinski definition) is 2. The Balaban J connectivity index is 2.62. The molecule has 0 spiro atoms. The number of benzene rings is 1. The SMILES string of the molecule is N#CCNC(=O)CNc1ccc(Br)c(Cl)c1Cl. The molecule has 0 fully saturated rings. The van der Waals surface area contributed by atoms with Crippen LogP contribution >= 0.6 is 39.1 Å². The first-order chi connectivity index (χ1) is 8.06. The summed E-state index contributed by atoms with van der Waals surface area (Å²) in [6.45, 7) is 0.00863. The van der Waals surface area contributed by atoms with Crippen LogP contribution in [0.2, 0.25) is 10.0 Å². The lowest BCUT2D eigenvalue weighted by molar-refractivity contribution is -0.119. The summed E-state index contributed by atoms with van der Waals surface area (Å²) in [6, 6.07) is 5.24. The molecule has 0 bridgehead atoms. The molecular weight excluding hydrogens is 329 g/mol. The van der Waals surface area contributed by atoms with Crippen molar-refractivity contribution in [2.75, 3.05) is 18.4 Å². The Labute approximate surface area is 117 Å². The predicted molar refractivity (Wildman–Crippen MR) is 71.3 cm³/mol. The van der Waals surface area contributed by atoms with Gasteiger partial charge in [0.05, 0.1) is 28.3 Å². The Morgan fingerprint density at radius 2 is 2.12 bits per heavy atom. The number of rotatable bonds is 4. The van der Waals surface area contributed by atoms with Gasteiger partial charge in [0.15, 0.2) is 0 Å². The van der Waals surface area contributed by atoms with Crippen molar-refractivity contribution in [3.05, 3.63) is 26.7 Å². The van der Waals surface area contributed by atoms with Gasteiger partial charge in [0.25, 0.3) is 0 Å². The van der Waals surface area contributed by atoms with Crippen molar-refractivity contribution in [3.63, 3.8) is 0 Å². The molecule has 1 amide bonds. The number of halogens is 3. The van der Waals surface area contributed by atoms with Gasteiger partial charge in [-0.05, 0) is 28.1 Å². The number of carbonyl (C=O) groups excluding carboxylic acids is 1. The first-order valence-electron chi connectivity index (χ1n) is 4.57. The summed E-state index contributed by atoms with van der Waals surface area (Å²) >= 11 is 15.1. The molecule has 17 heavy (non-hydrogen) atoms. The fourth-order valence-electron chi connectivity index (χ4n) is 1.04. The topological polar surface area (TPSA) is 64.9 Å². The lowest BCUT2D eigenvalue weighted by Gasteiger charge is -2.09. The minimum absolute atomic E-state index is 0.0185. The Kier molecular flexibility index (Phi) is 5.56. The molecule has 4 nitrogen and oxygen atoms in total. The molecule has 0 aliphatic rings. The largest absolute Gasteiger partial charge is 0.375 e. The van der Waals surface area contributed by atoms with Gasteiger partial charge in [-0.1, -0.05) is 23.2 Å². The van der Waals surface area contributed by atoms with Crippen molar-refractivity contribution in [1.29, 1.82) is 5.26 Å². The average Bonchev–Trinajstić information content (AvgIpc) is 2.32. The third kappa shape index (κ3) is 4.08. The molecule has 90 valence electrons. The number of amides is 1. The highest BCUT2D eigenvalue weighted by atomic mass is 79.9. The zero-order valence-corrected chi connectivity index (χ0v) is 11.7. The van der Waals surface area contributed by atoms with Crippen LogP contribution in [0.25, 0.3) is 0 Å². The lowest BCUT2D eigenvalue weighted by Crippen LogP contribution is -2.30. The molecule has 2 N–H and O–H groups in total. The molecule has 1 aromatic rings. The smallest absolute Gasteiger partial charge is 0.240 e. The lowest BCUT2D eigenvalue weighted by atomic mass is 10.3. The Bertz CT molecular complexity index is 473. The van der Waals surface area contributed by atoms with E-state index in [1.165, 1.54) is 0 Å². The summed E-state index contributed by atoms with van der Waals surface area (Å²) in [6.07, 6.45) is 0. The monoisotopic (exact) mass is 335 g/mol. The zero-order valence-electron chi connectivity index (χ0n) is 8.56. The quantitative estimate of drug-likeness (QED) is 0.656. The number of nitriles is 1. The third-order valence-electron chi connectivity index (χ3n) is 1.84. The van der Waals surface area contributed by atoms with E-state index in [1.54, 1.807) is 12.1 Å². The predicted octanol–water partition coefficient (Wildman–Crippen LogP) is 2.81. The van der Waals surface area contributed by atoms with E-state index in [4.69, 9.17) is 28.5 Å². The standard InChI is InChI=1S/C10H8BrCl2N3O/c11-6-1-2-7(10(13)9(6)12)16-5-8(17)15-4-3-14/h1-2,16H,4-5H2,(H,15,17). The summed E-state index contributed by atoms with van der Waals surface area (Å²) in [5.41, 5.74) is 0.562. The molecule has 0 atom stereocenters. The fraction of sp³-hybridized carbons (Fsp3) is 0.200. The highest BCUT2D eigenvalue weighted by Crippen LogP contribution is 2.35. The molecule has 0 radical (unpaired) electrons. The van der Waals surface area contributed by atoms with E-state index in [2.05, 4.69) is 26.6 Å². The summed E-state index contributed by atoms with van der Waals surface area (Å²) < 4.78 is 0.684. The van der Waals surface area contributed by atoms with Gasteiger partial charge in [-0.3, -0.25) is 4.79 Å². The van der Waals surface area contributed by atoms with Crippen LogP contribution in [0.1, 0.15) is 0 Å². The maximum atomic E-state index is 11.2. The Morgan fingerprint density at radius 3 is 2.76 bits per heavy atom. The number of anilines is 1. The van der Waals surface area contributed by atoms with Gasteiger partial charge in [0.1, 0.15) is 6.54 Å². The Hall–Kier alpha value is -0.960. The highest BCUT2D eigenvalue weighted by Gasteiger charge is 2.09. The first kappa shape index (κ1) is 14.1. The first-order valence-corrected chi connectivity index (χ1v) is 6.12. The molecule has 7 heteroatoms. The van der Waals surface area contributed by atoms with Crippen molar-refractivity contribution in [2.45, 2.75) is 0 Å². The van der Waals surface area contributed by atoms with Crippen LogP contribution in [-0.4, -0.2) is 19.0 Å². The van der Waals surface area contributed by atoms with Crippen LogP contribution in [0.3, 0.4) is 0 Å². The van der Waals surface area contributed by atoms with Gasteiger partial charge in [0, 0.05) is 4.47 Å². The highest BCUT2D eigenvalue weighted by molar-refractivity contribution is 9.10. The molecule has 0 saturated carbocycles. The molecule has 1 rings (SSSR count). The minimum Gasteiger partial charge on any atom is -0.375 e. The van der Waals surface area contributed by atoms with Crippen LogP contribution in [0.5, 0.6) is 0 Å². The van der Waals surface area contributed by atoms with E-state index >= 15 is 0 Å². The molecule has 0 saturated heterocycles. The second-order valence-electron chi connectivity index (χ2n) is 3.01. The van der Waals surface area contributed by atoms with Gasteiger partial charge in [-0.25, -0.2) is 0 Å². The maximum Gasteiger partial charge on any atom is 0.240 e. The van der Waals surface area contributed by atoms with Crippen molar-refractivity contribution in [3.8, 4) is 6.07 Å². The zero-order chi connectivity index (χ0) is 12.8. The van der Waals surface area contributed by atoms with E-state index in [0.29, 0.717) is 20.2 Å². The number of hydrogen-bond acceptors (Lipinski definition) is 3. The fourth-order valence-corrected chi connectivity index (χ4v) is 1.88. The molecule has 0 unspecified atom stereocenters. The summed E-state index contributed by atoms with van der Waals surface area (Å²) in [5.74, 6) is -0.290. The third-order valence-corrected chi connectivity index (χ3v) is 3.61. The molecule has 0 aliphatic heterocycles. The van der Waals surface area contributed by atoms with Gasteiger partial charge in [0.2, 0.25) is 5.91 Å². The van der Waals surface area contributed by atoms with Crippen molar-refractivity contribution in [2.24, 2.45) is 0 Å². The van der Waals surface area contributed by atoms with Gasteiger partial charge in [-0.15, -0.1) is 0 Å². The van der Waals surface area contributed by atoms with E-state index in [0.717, 1.165) is 0 Å². The number of nitrogens with one attached hydrogen (secondary N) is 2. The average molecular weight is 337 g/mol. The molecule has 0 heterocycles. The van der Waals surface area contributed by atoms with Crippen LogP contribution in [0.4, 0.5) is 5.69 Å². The van der Waals surface area contributed by atoms with Crippen LogP contribution in [0, 0.1) is 11.3 Å². The number of nitrogens with zero attached hydrogens (tertiary/aromatic N) is 1. The number of carbonyl (C=O) groups is 1. The normalized spacial score (nSPS) is 9.53. The molecule has 0 aromatic heterocycles. The second kappa shape index (κ2) is 6.70. The summed E-state index contributed by atoms with van der Waals surface area (Å²) in [7, 11) is 0. The molecule has 1 aromatic carbocycles. The second-order valence-corrected chi connectivity index (χ2v) is 4.62. The van der Waals surface area contributed by atoms with Crippen LogP contribution in [0.15, 0.2) is 16.6 Å². The van der Waals surface area contributed by atoms with Gasteiger partial charge >= 0.3 is 0 Å². The molecule has 0 aliphatic carbocycles. The van der Waals surface area contributed by atoms with E-state index in [9.17, 15) is 4.79 Å². The van der Waals surface area contributed by atoms with E-state index < -0.39 is 0 Å². The van der Waals surface area contributed by atoms with Crippen molar-refractivity contribution in [1.82, 2.24) is 5.32 Å². The van der Waals surface area contributed by atoms with Gasteiger partial charge in [-0.2, -0.15) is 5.26 Å². The van der Waals surface area contributed by atoms with Gasteiger partial charge < -0.3 is 10.6 Å². The van der Waals surface area contributed by atoms with Crippen LogP contribution < -0.4 is 10.6 Å². The Morgan fingerprint density at radius 1 is 1.41 bits per heavy atom. The van der Waals surface area contributed by atoms with E-state index in [1.807, 2.05) is 6.07 Å². The summed E-state index contributed by atoms with van der Waals surface area (Å²) in [5, 5.41) is 14.2.